The molecule has 3 aromatic heterocycles. The summed E-state index contributed by atoms with van der Waals surface area (Å²) in [6, 6.07) is 8.75. The van der Waals surface area contributed by atoms with Gasteiger partial charge in [-0.3, -0.25) is 0 Å². The maximum atomic E-state index is 11.2. The maximum absolute atomic E-state index is 11.2. The molecular formula is C26H18N4O12. The molecule has 5 heterocycles. The Labute approximate surface area is 231 Å². The molecule has 0 spiro atoms. The molecule has 0 fully saturated rings. The summed E-state index contributed by atoms with van der Waals surface area (Å²) in [5.74, 6) is -11.5. The van der Waals surface area contributed by atoms with E-state index in [4.69, 9.17) is 0 Å². The number of nitrogens with zero attached hydrogens (tertiary/aromatic N) is 4. The fourth-order valence-corrected chi connectivity index (χ4v) is 4.73. The van der Waals surface area contributed by atoms with Crippen molar-refractivity contribution in [2.45, 2.75) is 0 Å². The van der Waals surface area contributed by atoms with Crippen molar-refractivity contribution in [1.29, 1.82) is 0 Å². The predicted octanol–water partition coefficient (Wildman–Crippen LogP) is 3.52. The molecule has 214 valence electrons. The summed E-state index contributed by atoms with van der Waals surface area (Å²) in [4.78, 5) is 7.61. The third-order valence-corrected chi connectivity index (χ3v) is 6.76. The zero-order valence-corrected chi connectivity index (χ0v) is 20.6. The minimum Gasteiger partial charge on any atom is -0.505 e. The second-order valence-electron chi connectivity index (χ2n) is 9.08. The first-order chi connectivity index (χ1) is 19.9. The molecule has 16 heteroatoms. The van der Waals surface area contributed by atoms with Crippen molar-refractivity contribution in [3.8, 4) is 45.6 Å². The van der Waals surface area contributed by atoms with Crippen LogP contribution in [0.25, 0.3) is 56.2 Å². The van der Waals surface area contributed by atoms with Crippen LogP contribution in [0.1, 0.15) is 22.8 Å². The van der Waals surface area contributed by atoms with Gasteiger partial charge in [-0.25, -0.2) is 9.97 Å². The Morgan fingerprint density at radius 1 is 0.476 bits per heavy atom. The van der Waals surface area contributed by atoms with Crippen LogP contribution in [-0.4, -0.2) is 80.9 Å². The highest BCUT2D eigenvalue weighted by molar-refractivity contribution is 6.00. The Morgan fingerprint density at radius 3 is 1.45 bits per heavy atom. The van der Waals surface area contributed by atoms with E-state index in [0.717, 1.165) is 6.07 Å². The van der Waals surface area contributed by atoms with Gasteiger partial charge in [-0.2, -0.15) is 9.46 Å². The summed E-state index contributed by atoms with van der Waals surface area (Å²) in [6.45, 7) is 0. The standard InChI is InChI=1S/C26H18N4O12/c31-17-8-6-9-10(7-4-2-1-3-5-7)18(32)14(29(9)41)20(34)12-23(37)24(38)13(28-12)21(35)16-26(40)25(39)15(30(16)42)19(33)11(27-8)22(17)36/h1-6,31-42H. The van der Waals surface area contributed by atoms with Gasteiger partial charge in [-0.1, -0.05) is 30.3 Å². The molecule has 42 heavy (non-hydrogen) atoms. The number of hydrogen-bond acceptors (Lipinski definition) is 14. The van der Waals surface area contributed by atoms with E-state index in [-0.39, 0.29) is 26.1 Å². The smallest absolute Gasteiger partial charge is 0.191 e. The number of aliphatic hydroxyl groups is 4. The first-order valence-corrected chi connectivity index (χ1v) is 11.7. The van der Waals surface area contributed by atoms with Crippen molar-refractivity contribution in [2.24, 2.45) is 0 Å². The Morgan fingerprint density at radius 2 is 0.929 bits per heavy atom. The van der Waals surface area contributed by atoms with Crippen molar-refractivity contribution in [1.82, 2.24) is 19.4 Å². The van der Waals surface area contributed by atoms with Gasteiger partial charge in [-0.05, 0) is 11.6 Å². The van der Waals surface area contributed by atoms with Crippen molar-refractivity contribution >= 4 is 45.1 Å². The molecule has 6 rings (SSSR count). The lowest BCUT2D eigenvalue weighted by atomic mass is 10.1. The van der Waals surface area contributed by atoms with Crippen LogP contribution in [0.15, 0.2) is 36.4 Å². The van der Waals surface area contributed by atoms with Crippen molar-refractivity contribution in [3.05, 3.63) is 59.2 Å². The average Bonchev–Trinajstić information content (AvgIpc) is 3.58. The van der Waals surface area contributed by atoms with E-state index in [9.17, 15) is 61.5 Å². The molecule has 12 N–H and O–H groups in total. The van der Waals surface area contributed by atoms with Gasteiger partial charge >= 0.3 is 0 Å². The molecule has 0 atom stereocenters. The third kappa shape index (κ3) is 3.16. The van der Waals surface area contributed by atoms with E-state index in [1.54, 1.807) is 18.2 Å². The normalized spacial score (nSPS) is 13.2. The fraction of sp³-hybridized carbons (Fsp3) is 0. The molecule has 4 aromatic rings. The van der Waals surface area contributed by atoms with E-state index in [1.165, 1.54) is 12.1 Å². The van der Waals surface area contributed by atoms with Crippen LogP contribution < -0.4 is 0 Å². The molecule has 1 aromatic carbocycles. The molecule has 16 nitrogen and oxygen atoms in total. The summed E-state index contributed by atoms with van der Waals surface area (Å²) in [5, 5.41) is 129. The number of fused-ring (bicyclic) bond motifs is 8. The van der Waals surface area contributed by atoms with Gasteiger partial charge in [0.2, 0.25) is 0 Å². The van der Waals surface area contributed by atoms with Gasteiger partial charge in [0.1, 0.15) is 5.69 Å². The number of benzene rings is 1. The minimum atomic E-state index is -1.31. The molecule has 8 bridgehead atoms. The highest BCUT2D eigenvalue weighted by Gasteiger charge is 2.33. The van der Waals surface area contributed by atoms with E-state index >= 15 is 0 Å². The molecule has 0 radical (unpaired) electrons. The summed E-state index contributed by atoms with van der Waals surface area (Å²) in [5.41, 5.74) is -6.51. The van der Waals surface area contributed by atoms with Crippen molar-refractivity contribution in [3.63, 3.8) is 0 Å². The first kappa shape index (κ1) is 25.7. The second kappa shape index (κ2) is 8.46. The number of aromatic nitrogens is 4. The number of aromatic hydroxyl groups is 6. The van der Waals surface area contributed by atoms with Crippen molar-refractivity contribution < 1.29 is 61.5 Å². The lowest BCUT2D eigenvalue weighted by Gasteiger charge is -2.01. The molecule has 0 unspecified atom stereocenters. The van der Waals surface area contributed by atoms with Crippen molar-refractivity contribution in [2.75, 3.05) is 0 Å². The van der Waals surface area contributed by atoms with Gasteiger partial charge < -0.3 is 61.5 Å². The zero-order valence-electron chi connectivity index (χ0n) is 20.6. The monoisotopic (exact) mass is 578 g/mol. The van der Waals surface area contributed by atoms with Crippen LogP contribution >= 0.6 is 0 Å². The Kier molecular flexibility index (Phi) is 5.17. The van der Waals surface area contributed by atoms with E-state index in [0.29, 0.717) is 0 Å². The van der Waals surface area contributed by atoms with Gasteiger partial charge in [0.25, 0.3) is 0 Å². The summed E-state index contributed by atoms with van der Waals surface area (Å²) in [7, 11) is 0. The molecule has 2 aliphatic heterocycles. The molecule has 0 amide bonds. The van der Waals surface area contributed by atoms with Crippen LogP contribution in [-0.2, 0) is 0 Å². The Bertz CT molecular complexity index is 2110. The molecule has 0 saturated heterocycles. The highest BCUT2D eigenvalue weighted by atomic mass is 16.5. The second-order valence-corrected chi connectivity index (χ2v) is 9.08. The van der Waals surface area contributed by atoms with Crippen LogP contribution in [0, 0.1) is 0 Å². The van der Waals surface area contributed by atoms with Crippen LogP contribution in [0.4, 0.5) is 0 Å². The maximum Gasteiger partial charge on any atom is 0.191 e. The van der Waals surface area contributed by atoms with Gasteiger partial charge in [0, 0.05) is 0 Å². The lowest BCUT2D eigenvalue weighted by molar-refractivity contribution is 0.206. The lowest BCUT2D eigenvalue weighted by Crippen LogP contribution is -1.93. The number of rotatable bonds is 1. The van der Waals surface area contributed by atoms with E-state index in [1.807, 2.05) is 0 Å². The van der Waals surface area contributed by atoms with Gasteiger partial charge in [-0.15, -0.1) is 0 Å². The highest BCUT2D eigenvalue weighted by Crippen LogP contribution is 2.49. The number of aliphatic hydroxyl groups excluding tert-OH is 4. The SMILES string of the molecule is OC1=C(O)c2nc1cc1c(-c3ccccc3)c(O)c(c(O)c3nc(c(O)c4c(O)c(O)c(c2O)n4O)C(O)=C3O)n1O. The summed E-state index contributed by atoms with van der Waals surface area (Å²) in [6.07, 6.45) is 0. The Hall–Kier alpha value is -6.58. The molecule has 0 saturated carbocycles. The zero-order chi connectivity index (χ0) is 30.4. The molecule has 0 aliphatic carbocycles. The minimum absolute atomic E-state index is 0.159. The van der Waals surface area contributed by atoms with Gasteiger partial charge in [0.15, 0.2) is 91.2 Å². The van der Waals surface area contributed by atoms with E-state index in [2.05, 4.69) is 9.97 Å². The predicted molar refractivity (Wildman–Crippen MR) is 142 cm³/mol. The average molecular weight is 578 g/mol. The van der Waals surface area contributed by atoms with Crippen LogP contribution in [0.3, 0.4) is 0 Å². The largest absolute Gasteiger partial charge is 0.505 e. The quantitative estimate of drug-likeness (QED) is 0.144. The first-order valence-electron chi connectivity index (χ1n) is 11.7. The van der Waals surface area contributed by atoms with Crippen LogP contribution in [0.2, 0.25) is 0 Å². The summed E-state index contributed by atoms with van der Waals surface area (Å²) >= 11 is 0. The number of hydrogen-bond donors (Lipinski definition) is 12. The van der Waals surface area contributed by atoms with Gasteiger partial charge in [0.05, 0.1) is 11.1 Å². The van der Waals surface area contributed by atoms with Crippen LogP contribution in [0.5, 0.6) is 34.5 Å². The summed E-state index contributed by atoms with van der Waals surface area (Å²) < 4.78 is 0.0667. The molecular weight excluding hydrogens is 560 g/mol. The topological polar surface area (TPSA) is 278 Å². The molecule has 2 aliphatic rings. The fourth-order valence-electron chi connectivity index (χ4n) is 4.73. The third-order valence-electron chi connectivity index (χ3n) is 6.76. The Balaban J connectivity index is 1.96. The van der Waals surface area contributed by atoms with E-state index < -0.39 is 96.9 Å².